The zero-order valence-electron chi connectivity index (χ0n) is 22.8. The minimum absolute atomic E-state index is 0.256. The van der Waals surface area contributed by atoms with Crippen molar-refractivity contribution < 1.29 is 0 Å². The van der Waals surface area contributed by atoms with Gasteiger partial charge in [-0.05, 0) is 67.9 Å². The Morgan fingerprint density at radius 2 is 1.70 bits per heavy atom. The molecule has 1 aliphatic heterocycles. The molecule has 7 rings (SSSR count). The van der Waals surface area contributed by atoms with Gasteiger partial charge < -0.3 is 16.0 Å². The number of nitrogens with one attached hydrogen (secondary N) is 1. The summed E-state index contributed by atoms with van der Waals surface area (Å²) in [5, 5.41) is 16.9. The molecule has 0 amide bonds. The van der Waals surface area contributed by atoms with Crippen molar-refractivity contribution in [2.45, 2.75) is 57.4 Å². The lowest BCUT2D eigenvalue weighted by Gasteiger charge is -2.27. The molecule has 0 radical (unpaired) electrons. The molecule has 10 nitrogen and oxygen atoms in total. The van der Waals surface area contributed by atoms with Crippen LogP contribution >= 0.6 is 0 Å². The van der Waals surface area contributed by atoms with Crippen molar-refractivity contribution in [3.05, 3.63) is 59.8 Å². The summed E-state index contributed by atoms with van der Waals surface area (Å²) in [7, 11) is 0. The molecule has 40 heavy (non-hydrogen) atoms. The van der Waals surface area contributed by atoms with E-state index in [4.69, 9.17) is 10.7 Å². The van der Waals surface area contributed by atoms with Crippen molar-refractivity contribution in [1.82, 2.24) is 34.8 Å². The van der Waals surface area contributed by atoms with Gasteiger partial charge in [-0.2, -0.15) is 9.67 Å². The maximum Gasteiger partial charge on any atom is 0.248 e. The Kier molecular flexibility index (Phi) is 6.76. The number of nitrogens with two attached hydrogens (primary N) is 1. The van der Waals surface area contributed by atoms with Gasteiger partial charge in [0.05, 0.1) is 17.6 Å². The number of hydrogen-bond donors (Lipinski definition) is 2. The third kappa shape index (κ3) is 4.99. The lowest BCUT2D eigenvalue weighted by molar-refractivity contribution is 0.213. The van der Waals surface area contributed by atoms with E-state index in [1.165, 1.54) is 44.2 Å². The molecule has 0 unspecified atom stereocenters. The van der Waals surface area contributed by atoms with Crippen molar-refractivity contribution in [3.63, 3.8) is 0 Å². The number of benzene rings is 1. The van der Waals surface area contributed by atoms with E-state index >= 15 is 0 Å². The van der Waals surface area contributed by atoms with E-state index in [1.807, 2.05) is 18.3 Å². The standard InChI is InChI=1S/C30H36N10/c31-29-34-30(37-40(29)27-19-22-9-5-8-21-7-1-4-12-25(21)28(22)36-35-27)33-23-13-14-26(32-20-23)39-16-6-15-38(17-18-39)24-10-2-3-11-24/h1,4,7,12-14,19-20,24H,2-3,5-6,8-11,15-18H2,(H3,31,33,34,37). The monoisotopic (exact) mass is 536 g/mol. The second-order valence-electron chi connectivity index (χ2n) is 11.1. The second-order valence-corrected chi connectivity index (χ2v) is 11.1. The largest absolute Gasteiger partial charge is 0.368 e. The predicted molar refractivity (Wildman–Crippen MR) is 157 cm³/mol. The van der Waals surface area contributed by atoms with Gasteiger partial charge in [0, 0.05) is 37.8 Å². The highest BCUT2D eigenvalue weighted by Gasteiger charge is 2.25. The number of nitrogen functional groups attached to an aromatic ring is 1. The predicted octanol–water partition coefficient (Wildman–Crippen LogP) is 4.39. The van der Waals surface area contributed by atoms with Crippen molar-refractivity contribution in [1.29, 1.82) is 0 Å². The summed E-state index contributed by atoms with van der Waals surface area (Å²) in [5.74, 6) is 2.24. The maximum absolute atomic E-state index is 6.26. The molecule has 0 atom stereocenters. The quantitative estimate of drug-likeness (QED) is 0.383. The van der Waals surface area contributed by atoms with Crippen LogP contribution in [0.4, 0.5) is 23.4 Å². The zero-order chi connectivity index (χ0) is 26.9. The molecule has 4 heterocycles. The highest BCUT2D eigenvalue weighted by Crippen LogP contribution is 2.31. The topological polar surface area (TPSA) is 114 Å². The molecular formula is C30H36N10. The van der Waals surface area contributed by atoms with Gasteiger partial charge in [-0.25, -0.2) is 4.98 Å². The van der Waals surface area contributed by atoms with Crippen molar-refractivity contribution in [3.8, 4) is 17.1 Å². The summed E-state index contributed by atoms with van der Waals surface area (Å²) in [5.41, 5.74) is 11.6. The van der Waals surface area contributed by atoms with Crippen molar-refractivity contribution in [2.24, 2.45) is 0 Å². The summed E-state index contributed by atoms with van der Waals surface area (Å²) in [6.45, 7) is 4.37. The molecule has 3 aliphatic rings. The van der Waals surface area contributed by atoms with E-state index < -0.39 is 0 Å². The van der Waals surface area contributed by atoms with Crippen molar-refractivity contribution >= 4 is 23.4 Å². The Balaban J connectivity index is 1.04. The molecule has 1 saturated carbocycles. The van der Waals surface area contributed by atoms with Crippen LogP contribution in [0.25, 0.3) is 17.1 Å². The smallest absolute Gasteiger partial charge is 0.248 e. The van der Waals surface area contributed by atoms with Crippen LogP contribution in [0, 0.1) is 0 Å². The summed E-state index contributed by atoms with van der Waals surface area (Å²) < 4.78 is 1.54. The fourth-order valence-electron chi connectivity index (χ4n) is 6.50. The lowest BCUT2D eigenvalue weighted by atomic mass is 10.0. The van der Waals surface area contributed by atoms with E-state index in [0.29, 0.717) is 11.8 Å². The molecule has 3 N–H and O–H groups in total. The van der Waals surface area contributed by atoms with Gasteiger partial charge in [0.15, 0.2) is 5.82 Å². The summed E-state index contributed by atoms with van der Waals surface area (Å²) in [4.78, 5) is 14.3. The average Bonchev–Trinajstić information content (AvgIpc) is 3.52. The number of anilines is 4. The Hall–Kier alpha value is -4.05. The van der Waals surface area contributed by atoms with Crippen LogP contribution in [0.3, 0.4) is 0 Å². The van der Waals surface area contributed by atoms with E-state index in [2.05, 4.69) is 65.7 Å². The average molecular weight is 537 g/mol. The second kappa shape index (κ2) is 10.8. The van der Waals surface area contributed by atoms with Crippen LogP contribution in [-0.2, 0) is 12.8 Å². The van der Waals surface area contributed by atoms with Crippen LogP contribution in [0.2, 0.25) is 0 Å². The SMILES string of the molecule is Nc1nc(Nc2ccc(N3CCCN(C4CCCC4)CC3)nc2)nn1-c1cc2c(nn1)-c1ccccc1CCC2. The summed E-state index contributed by atoms with van der Waals surface area (Å²) in [6.07, 6.45) is 11.5. The van der Waals surface area contributed by atoms with E-state index in [1.54, 1.807) is 4.68 Å². The van der Waals surface area contributed by atoms with Gasteiger partial charge in [0.2, 0.25) is 11.9 Å². The summed E-state index contributed by atoms with van der Waals surface area (Å²) in [6, 6.07) is 15.3. The van der Waals surface area contributed by atoms with Gasteiger partial charge >= 0.3 is 0 Å². The lowest BCUT2D eigenvalue weighted by Crippen LogP contribution is -2.37. The summed E-state index contributed by atoms with van der Waals surface area (Å²) >= 11 is 0. The van der Waals surface area contributed by atoms with Crippen LogP contribution in [0.1, 0.15) is 49.7 Å². The fraction of sp³-hybridized carbons (Fsp3) is 0.433. The minimum Gasteiger partial charge on any atom is -0.368 e. The van der Waals surface area contributed by atoms with Gasteiger partial charge in [-0.15, -0.1) is 15.3 Å². The molecule has 206 valence electrons. The maximum atomic E-state index is 6.26. The minimum atomic E-state index is 0.256. The molecular weight excluding hydrogens is 500 g/mol. The third-order valence-corrected chi connectivity index (χ3v) is 8.57. The Morgan fingerprint density at radius 1 is 0.825 bits per heavy atom. The number of aryl methyl sites for hydroxylation is 2. The Labute approximate surface area is 234 Å². The van der Waals surface area contributed by atoms with E-state index in [0.717, 1.165) is 73.3 Å². The molecule has 0 spiro atoms. The Bertz CT molecular complexity index is 1470. The zero-order valence-corrected chi connectivity index (χ0v) is 22.8. The van der Waals surface area contributed by atoms with Gasteiger partial charge in [-0.1, -0.05) is 37.1 Å². The number of rotatable bonds is 5. The van der Waals surface area contributed by atoms with E-state index in [9.17, 15) is 0 Å². The molecule has 3 aromatic heterocycles. The molecule has 1 aromatic carbocycles. The fourth-order valence-corrected chi connectivity index (χ4v) is 6.50. The van der Waals surface area contributed by atoms with Gasteiger partial charge in [-0.3, -0.25) is 4.90 Å². The molecule has 1 saturated heterocycles. The first-order valence-electron chi connectivity index (χ1n) is 14.6. The number of pyridine rings is 1. The molecule has 4 aromatic rings. The number of aromatic nitrogens is 6. The molecule has 10 heteroatoms. The van der Waals surface area contributed by atoms with Crippen LogP contribution in [0.5, 0.6) is 0 Å². The normalized spacial score (nSPS) is 18.1. The van der Waals surface area contributed by atoms with E-state index in [-0.39, 0.29) is 5.95 Å². The van der Waals surface area contributed by atoms with Crippen LogP contribution in [0.15, 0.2) is 48.7 Å². The van der Waals surface area contributed by atoms with Gasteiger partial charge in [0.25, 0.3) is 0 Å². The highest BCUT2D eigenvalue weighted by atomic mass is 15.4. The molecule has 2 fully saturated rings. The number of nitrogens with zero attached hydrogens (tertiary/aromatic N) is 8. The number of fused-ring (bicyclic) bond motifs is 3. The van der Waals surface area contributed by atoms with Crippen molar-refractivity contribution in [2.75, 3.05) is 42.1 Å². The first-order valence-corrected chi connectivity index (χ1v) is 14.6. The first kappa shape index (κ1) is 25.0. The Morgan fingerprint density at radius 3 is 2.58 bits per heavy atom. The molecule has 0 bridgehead atoms. The number of hydrogen-bond acceptors (Lipinski definition) is 9. The highest BCUT2D eigenvalue weighted by molar-refractivity contribution is 5.68. The van der Waals surface area contributed by atoms with Gasteiger partial charge in [0.1, 0.15) is 5.82 Å². The first-order chi connectivity index (χ1) is 19.7. The van der Waals surface area contributed by atoms with Crippen LogP contribution < -0.4 is 16.0 Å². The van der Waals surface area contributed by atoms with Crippen LogP contribution in [-0.4, -0.2) is 67.1 Å². The third-order valence-electron chi connectivity index (χ3n) is 8.57. The molecule has 2 aliphatic carbocycles.